The average molecular weight is 282 g/mol. The minimum absolute atomic E-state index is 0.179. The fourth-order valence-corrected chi connectivity index (χ4v) is 3.12. The second kappa shape index (κ2) is 4.50. The van der Waals surface area contributed by atoms with Gasteiger partial charge in [0.15, 0.2) is 0 Å². The Bertz CT molecular complexity index is 633. The molecular weight excluding hydrogens is 256 g/mol. The molecule has 0 fully saturated rings. The Morgan fingerprint density at radius 3 is 2.29 bits per heavy atom. The molecule has 1 atom stereocenters. The third kappa shape index (κ3) is 2.54. The first-order valence-corrected chi connectivity index (χ1v) is 7.90. The highest BCUT2D eigenvalue weighted by Crippen LogP contribution is 2.49. The van der Waals surface area contributed by atoms with Gasteiger partial charge in [0, 0.05) is 11.5 Å². The van der Waals surface area contributed by atoms with Gasteiger partial charge in [-0.2, -0.15) is 0 Å². The Morgan fingerprint density at radius 1 is 0.952 bits per heavy atom. The second-order valence-corrected chi connectivity index (χ2v) is 8.37. The van der Waals surface area contributed by atoms with Gasteiger partial charge >= 0.3 is 0 Å². The molecule has 0 radical (unpaired) electrons. The summed E-state index contributed by atoms with van der Waals surface area (Å²) in [7, 11) is 0. The van der Waals surface area contributed by atoms with Crippen LogP contribution in [0.3, 0.4) is 0 Å². The van der Waals surface area contributed by atoms with Gasteiger partial charge in [0.2, 0.25) is 0 Å². The third-order valence-corrected chi connectivity index (χ3v) is 4.66. The smallest absolute Gasteiger partial charge is 0.130 e. The first kappa shape index (κ1) is 14.4. The van der Waals surface area contributed by atoms with Crippen molar-refractivity contribution in [3.05, 3.63) is 52.8 Å². The number of fused-ring (bicyclic) bond motifs is 3. The van der Waals surface area contributed by atoms with Crippen LogP contribution >= 0.6 is 0 Å². The van der Waals surface area contributed by atoms with Gasteiger partial charge in [0.25, 0.3) is 0 Å². The predicted octanol–water partition coefficient (Wildman–Crippen LogP) is 5.72. The van der Waals surface area contributed by atoms with E-state index in [0.29, 0.717) is 5.92 Å². The van der Waals surface area contributed by atoms with E-state index in [2.05, 4.69) is 71.9 Å². The zero-order valence-corrected chi connectivity index (χ0v) is 14.1. The molecule has 0 spiro atoms. The van der Waals surface area contributed by atoms with Crippen LogP contribution < -0.4 is 4.74 Å². The zero-order valence-electron chi connectivity index (χ0n) is 14.1. The highest BCUT2D eigenvalue weighted by Gasteiger charge is 2.35. The maximum atomic E-state index is 6.06. The Morgan fingerprint density at radius 2 is 1.67 bits per heavy atom. The summed E-state index contributed by atoms with van der Waals surface area (Å²) in [5, 5.41) is 0. The van der Waals surface area contributed by atoms with Gasteiger partial charge < -0.3 is 4.74 Å². The normalized spacial score (nSPS) is 21.1. The van der Waals surface area contributed by atoms with Crippen molar-refractivity contribution in [2.75, 3.05) is 0 Å². The molecule has 0 saturated heterocycles. The van der Waals surface area contributed by atoms with Crippen molar-refractivity contribution in [3.8, 4) is 5.75 Å². The van der Waals surface area contributed by atoms with Gasteiger partial charge in [-0.05, 0) is 35.0 Å². The van der Waals surface area contributed by atoms with E-state index >= 15 is 0 Å². The first-order chi connectivity index (χ1) is 9.66. The summed E-state index contributed by atoms with van der Waals surface area (Å²) >= 11 is 0. The predicted molar refractivity (Wildman–Crippen MR) is 88.7 cm³/mol. The van der Waals surface area contributed by atoms with Crippen LogP contribution in [0.4, 0.5) is 0 Å². The van der Waals surface area contributed by atoms with Crippen LogP contribution in [0.5, 0.6) is 5.75 Å². The lowest BCUT2D eigenvalue weighted by Gasteiger charge is -2.28. The Labute approximate surface area is 128 Å². The van der Waals surface area contributed by atoms with E-state index in [9.17, 15) is 0 Å². The lowest BCUT2D eigenvalue weighted by molar-refractivity contribution is 0.405. The van der Waals surface area contributed by atoms with Crippen molar-refractivity contribution in [1.29, 1.82) is 0 Å². The fraction of sp³-hybridized carbons (Fsp3) is 0.500. The van der Waals surface area contributed by atoms with Crippen molar-refractivity contribution in [2.45, 2.75) is 59.3 Å². The van der Waals surface area contributed by atoms with Crippen LogP contribution in [-0.4, -0.2) is 0 Å². The number of benzene rings is 1. The van der Waals surface area contributed by atoms with Gasteiger partial charge in [-0.1, -0.05) is 65.3 Å². The molecule has 2 aliphatic rings. The van der Waals surface area contributed by atoms with Crippen molar-refractivity contribution >= 4 is 0 Å². The lowest BCUT2D eigenvalue weighted by atomic mass is 9.76. The second-order valence-electron chi connectivity index (χ2n) is 8.37. The van der Waals surface area contributed by atoms with Gasteiger partial charge in [0.1, 0.15) is 11.5 Å². The standard InChI is InChI=1S/C20H26O/c1-19(2,3)13-7-9-17-15(11-13)16-12-14(20(4,5)6)8-10-18(16)21-17/h7-11,16H,12H2,1-6H3. The van der Waals surface area contributed by atoms with Crippen LogP contribution in [0.15, 0.2) is 41.7 Å². The molecular formula is C20H26O. The Hall–Kier alpha value is -1.50. The van der Waals surface area contributed by atoms with Gasteiger partial charge in [-0.25, -0.2) is 0 Å². The molecule has 3 rings (SSSR count). The maximum absolute atomic E-state index is 6.06. The summed E-state index contributed by atoms with van der Waals surface area (Å²) in [6.45, 7) is 13.7. The van der Waals surface area contributed by atoms with Gasteiger partial charge in [-0.15, -0.1) is 0 Å². The molecule has 1 aromatic carbocycles. The largest absolute Gasteiger partial charge is 0.461 e. The molecule has 0 saturated carbocycles. The van der Waals surface area contributed by atoms with E-state index < -0.39 is 0 Å². The van der Waals surface area contributed by atoms with E-state index in [0.717, 1.165) is 17.9 Å². The number of hydrogen-bond donors (Lipinski definition) is 0. The molecule has 0 amide bonds. The van der Waals surface area contributed by atoms with Crippen LogP contribution in [0, 0.1) is 5.41 Å². The van der Waals surface area contributed by atoms with E-state index in [1.807, 2.05) is 0 Å². The topological polar surface area (TPSA) is 9.23 Å². The molecule has 1 aliphatic heterocycles. The van der Waals surface area contributed by atoms with Gasteiger partial charge in [-0.3, -0.25) is 0 Å². The van der Waals surface area contributed by atoms with Crippen LogP contribution in [0.2, 0.25) is 0 Å². The quantitative estimate of drug-likeness (QED) is 0.591. The van der Waals surface area contributed by atoms with E-state index in [4.69, 9.17) is 4.74 Å². The highest BCUT2D eigenvalue weighted by molar-refractivity contribution is 5.52. The Kier molecular flexibility index (Phi) is 3.09. The fourth-order valence-electron chi connectivity index (χ4n) is 3.12. The molecule has 112 valence electrons. The van der Waals surface area contributed by atoms with Crippen LogP contribution in [0.1, 0.15) is 65.0 Å². The minimum atomic E-state index is 0.179. The number of ether oxygens (including phenoxy) is 1. The number of hydrogen-bond acceptors (Lipinski definition) is 1. The first-order valence-electron chi connectivity index (χ1n) is 7.90. The maximum Gasteiger partial charge on any atom is 0.130 e. The minimum Gasteiger partial charge on any atom is -0.461 e. The van der Waals surface area contributed by atoms with E-state index in [-0.39, 0.29) is 10.8 Å². The summed E-state index contributed by atoms with van der Waals surface area (Å²) in [6.07, 6.45) is 5.50. The van der Waals surface area contributed by atoms with Crippen molar-refractivity contribution in [1.82, 2.24) is 0 Å². The summed E-state index contributed by atoms with van der Waals surface area (Å²) in [6, 6.07) is 6.70. The Balaban J connectivity index is 1.99. The number of allylic oxidation sites excluding steroid dienone is 4. The summed E-state index contributed by atoms with van der Waals surface area (Å²) in [4.78, 5) is 0. The molecule has 1 nitrogen and oxygen atoms in total. The van der Waals surface area contributed by atoms with Crippen LogP contribution in [-0.2, 0) is 5.41 Å². The van der Waals surface area contributed by atoms with E-state index in [1.54, 1.807) is 0 Å². The molecule has 1 unspecified atom stereocenters. The molecule has 0 N–H and O–H groups in total. The van der Waals surface area contributed by atoms with Crippen LogP contribution in [0.25, 0.3) is 0 Å². The third-order valence-electron chi connectivity index (χ3n) is 4.66. The van der Waals surface area contributed by atoms with E-state index in [1.165, 1.54) is 16.7 Å². The molecule has 0 bridgehead atoms. The highest BCUT2D eigenvalue weighted by atomic mass is 16.5. The monoisotopic (exact) mass is 282 g/mol. The number of rotatable bonds is 0. The summed E-state index contributed by atoms with van der Waals surface area (Å²) in [5.74, 6) is 2.56. The summed E-state index contributed by atoms with van der Waals surface area (Å²) < 4.78 is 6.06. The zero-order chi connectivity index (χ0) is 15.4. The molecule has 1 heterocycles. The lowest BCUT2D eigenvalue weighted by Crippen LogP contribution is -2.16. The van der Waals surface area contributed by atoms with Crippen molar-refractivity contribution < 1.29 is 4.74 Å². The molecule has 21 heavy (non-hydrogen) atoms. The molecule has 1 heteroatoms. The van der Waals surface area contributed by atoms with Crippen molar-refractivity contribution in [3.63, 3.8) is 0 Å². The van der Waals surface area contributed by atoms with Crippen molar-refractivity contribution in [2.24, 2.45) is 5.41 Å². The molecule has 1 aromatic rings. The molecule has 1 aliphatic carbocycles. The molecule has 0 aromatic heterocycles. The average Bonchev–Trinajstić information content (AvgIpc) is 2.73. The SMILES string of the molecule is CC(C)(C)C1=CC=C2Oc3ccc(C(C)(C)C)cc3C2C1. The van der Waals surface area contributed by atoms with Gasteiger partial charge in [0.05, 0.1) is 0 Å². The summed E-state index contributed by atoms with van der Waals surface area (Å²) in [5.41, 5.74) is 4.67.